The molecule has 3 aromatic carbocycles. The second-order valence-corrected chi connectivity index (χ2v) is 7.90. The topological polar surface area (TPSA) is 66.5 Å². The lowest BCUT2D eigenvalue weighted by Crippen LogP contribution is -2.27. The van der Waals surface area contributed by atoms with Crippen LogP contribution < -0.4 is 9.62 Å². The standard InChI is InChI=1S/C21H19FN2O3S/c1-24(19-5-3-2-4-6-19)21(25)15-16-7-11-18(12-8-16)23-28(26,27)20-13-9-17(22)10-14-20/h2-14,23H,15H2,1H3. The molecule has 5 nitrogen and oxygen atoms in total. The average Bonchev–Trinajstić information content (AvgIpc) is 2.69. The van der Waals surface area contributed by atoms with E-state index in [0.717, 1.165) is 23.4 Å². The van der Waals surface area contributed by atoms with Gasteiger partial charge in [-0.05, 0) is 54.1 Å². The molecule has 0 saturated carbocycles. The zero-order chi connectivity index (χ0) is 20.1. The minimum atomic E-state index is -3.81. The highest BCUT2D eigenvalue weighted by molar-refractivity contribution is 7.92. The van der Waals surface area contributed by atoms with Crippen molar-refractivity contribution in [2.45, 2.75) is 11.3 Å². The van der Waals surface area contributed by atoms with Crippen molar-refractivity contribution in [1.82, 2.24) is 0 Å². The van der Waals surface area contributed by atoms with Gasteiger partial charge in [0, 0.05) is 18.4 Å². The molecule has 0 radical (unpaired) electrons. The second kappa shape index (κ2) is 8.22. The number of rotatable bonds is 6. The summed E-state index contributed by atoms with van der Waals surface area (Å²) < 4.78 is 40.1. The molecule has 0 aliphatic heterocycles. The molecule has 7 heteroatoms. The number of carbonyl (C=O) groups excluding carboxylic acids is 1. The maximum Gasteiger partial charge on any atom is 0.261 e. The monoisotopic (exact) mass is 398 g/mol. The average molecular weight is 398 g/mol. The zero-order valence-corrected chi connectivity index (χ0v) is 16.0. The van der Waals surface area contributed by atoms with Crippen LogP contribution in [0.4, 0.5) is 15.8 Å². The highest BCUT2D eigenvalue weighted by atomic mass is 32.2. The van der Waals surface area contributed by atoms with E-state index >= 15 is 0 Å². The van der Waals surface area contributed by atoms with Gasteiger partial charge in [-0.3, -0.25) is 9.52 Å². The van der Waals surface area contributed by atoms with Crippen LogP contribution in [0.3, 0.4) is 0 Å². The first kappa shape index (κ1) is 19.6. The maximum absolute atomic E-state index is 13.0. The van der Waals surface area contributed by atoms with Gasteiger partial charge in [0.1, 0.15) is 5.82 Å². The van der Waals surface area contributed by atoms with Crippen LogP contribution >= 0.6 is 0 Å². The number of sulfonamides is 1. The van der Waals surface area contributed by atoms with Crippen LogP contribution in [0.15, 0.2) is 83.8 Å². The quantitative estimate of drug-likeness (QED) is 0.686. The first-order valence-electron chi connectivity index (χ1n) is 8.54. The molecule has 1 N–H and O–H groups in total. The van der Waals surface area contributed by atoms with Gasteiger partial charge in [0.05, 0.1) is 11.3 Å². The highest BCUT2D eigenvalue weighted by Gasteiger charge is 2.15. The van der Waals surface area contributed by atoms with Gasteiger partial charge in [-0.2, -0.15) is 0 Å². The number of hydrogen-bond acceptors (Lipinski definition) is 3. The van der Waals surface area contributed by atoms with Crippen LogP contribution in [0.1, 0.15) is 5.56 Å². The summed E-state index contributed by atoms with van der Waals surface area (Å²) in [5.41, 5.74) is 1.92. The lowest BCUT2D eigenvalue weighted by molar-refractivity contribution is -0.117. The number of nitrogens with one attached hydrogen (secondary N) is 1. The summed E-state index contributed by atoms with van der Waals surface area (Å²) in [5, 5.41) is 0. The predicted octanol–water partition coefficient (Wildman–Crippen LogP) is 3.83. The molecule has 0 spiro atoms. The zero-order valence-electron chi connectivity index (χ0n) is 15.2. The summed E-state index contributed by atoms with van der Waals surface area (Å²) in [4.78, 5) is 14.0. The Balaban J connectivity index is 1.66. The number of anilines is 2. The van der Waals surface area contributed by atoms with Crippen molar-refractivity contribution >= 4 is 27.3 Å². The van der Waals surface area contributed by atoms with E-state index in [1.807, 2.05) is 30.3 Å². The molecule has 0 fully saturated rings. The summed E-state index contributed by atoms with van der Waals surface area (Å²) in [6, 6.07) is 20.5. The van der Waals surface area contributed by atoms with Crippen molar-refractivity contribution in [2.24, 2.45) is 0 Å². The van der Waals surface area contributed by atoms with Gasteiger partial charge in [-0.15, -0.1) is 0 Å². The summed E-state index contributed by atoms with van der Waals surface area (Å²) in [5.74, 6) is -0.584. The Bertz CT molecular complexity index is 1050. The van der Waals surface area contributed by atoms with Gasteiger partial charge in [0.2, 0.25) is 5.91 Å². The van der Waals surface area contributed by atoms with Gasteiger partial charge >= 0.3 is 0 Å². The summed E-state index contributed by atoms with van der Waals surface area (Å²) in [7, 11) is -2.10. The van der Waals surface area contributed by atoms with Crippen LogP contribution in [0.5, 0.6) is 0 Å². The molecular formula is C21H19FN2O3S. The van der Waals surface area contributed by atoms with E-state index in [1.165, 1.54) is 12.1 Å². The second-order valence-electron chi connectivity index (χ2n) is 6.22. The molecule has 0 heterocycles. The van der Waals surface area contributed by atoms with Crippen molar-refractivity contribution in [2.75, 3.05) is 16.7 Å². The summed E-state index contributed by atoms with van der Waals surface area (Å²) >= 11 is 0. The van der Waals surface area contributed by atoms with Crippen LogP contribution in [0.25, 0.3) is 0 Å². The van der Waals surface area contributed by atoms with Crippen molar-refractivity contribution in [3.63, 3.8) is 0 Å². The Morgan fingerprint density at radius 1 is 0.929 bits per heavy atom. The Labute approximate surface area is 163 Å². The number of hydrogen-bond donors (Lipinski definition) is 1. The van der Waals surface area contributed by atoms with Gasteiger partial charge < -0.3 is 4.90 Å². The molecule has 3 rings (SSSR count). The molecule has 0 atom stereocenters. The molecule has 0 saturated heterocycles. The van der Waals surface area contributed by atoms with Crippen LogP contribution in [0, 0.1) is 5.82 Å². The summed E-state index contributed by atoms with van der Waals surface area (Å²) in [6.07, 6.45) is 0.191. The van der Waals surface area contributed by atoms with E-state index in [1.54, 1.807) is 36.2 Å². The molecule has 144 valence electrons. The highest BCUT2D eigenvalue weighted by Crippen LogP contribution is 2.18. The van der Waals surface area contributed by atoms with Crippen LogP contribution in [-0.2, 0) is 21.2 Å². The number of nitrogens with zero attached hydrogens (tertiary/aromatic N) is 1. The number of likely N-dealkylation sites (N-methyl/N-ethyl adjacent to an activating group) is 1. The maximum atomic E-state index is 13.0. The molecule has 0 aliphatic carbocycles. The van der Waals surface area contributed by atoms with E-state index in [9.17, 15) is 17.6 Å². The molecule has 28 heavy (non-hydrogen) atoms. The van der Waals surface area contributed by atoms with Gasteiger partial charge in [0.25, 0.3) is 10.0 Å². The first-order valence-corrected chi connectivity index (χ1v) is 10.0. The fourth-order valence-electron chi connectivity index (χ4n) is 2.61. The minimum Gasteiger partial charge on any atom is -0.315 e. The van der Waals surface area contributed by atoms with Crippen molar-refractivity contribution in [3.8, 4) is 0 Å². The van der Waals surface area contributed by atoms with E-state index < -0.39 is 15.8 Å². The SMILES string of the molecule is CN(C(=O)Cc1ccc(NS(=O)(=O)c2ccc(F)cc2)cc1)c1ccccc1. The normalized spacial score (nSPS) is 11.1. The minimum absolute atomic E-state index is 0.0300. The lowest BCUT2D eigenvalue weighted by Gasteiger charge is -2.17. The van der Waals surface area contributed by atoms with E-state index in [4.69, 9.17) is 0 Å². The van der Waals surface area contributed by atoms with Crippen molar-refractivity contribution < 1.29 is 17.6 Å². The molecule has 0 bridgehead atoms. The smallest absolute Gasteiger partial charge is 0.261 e. The fourth-order valence-corrected chi connectivity index (χ4v) is 3.67. The van der Waals surface area contributed by atoms with E-state index in [-0.39, 0.29) is 17.2 Å². The molecule has 1 amide bonds. The fraction of sp³-hybridized carbons (Fsp3) is 0.0952. The number of carbonyl (C=O) groups is 1. The number of para-hydroxylation sites is 1. The molecule has 0 aromatic heterocycles. The molecule has 0 unspecified atom stereocenters. The lowest BCUT2D eigenvalue weighted by atomic mass is 10.1. The number of benzene rings is 3. The Kier molecular flexibility index (Phi) is 5.75. The third-order valence-corrected chi connectivity index (χ3v) is 5.60. The van der Waals surface area contributed by atoms with Gasteiger partial charge in [-0.1, -0.05) is 30.3 Å². The Morgan fingerprint density at radius 2 is 1.54 bits per heavy atom. The third kappa shape index (κ3) is 4.75. The largest absolute Gasteiger partial charge is 0.315 e. The first-order chi connectivity index (χ1) is 13.3. The molecule has 0 aliphatic rings. The van der Waals surface area contributed by atoms with Gasteiger partial charge in [0.15, 0.2) is 0 Å². The van der Waals surface area contributed by atoms with Crippen LogP contribution in [-0.4, -0.2) is 21.4 Å². The van der Waals surface area contributed by atoms with Gasteiger partial charge in [-0.25, -0.2) is 12.8 Å². The van der Waals surface area contributed by atoms with Crippen LogP contribution in [0.2, 0.25) is 0 Å². The Morgan fingerprint density at radius 3 is 2.14 bits per heavy atom. The molecular weight excluding hydrogens is 379 g/mol. The van der Waals surface area contributed by atoms with Crippen molar-refractivity contribution in [3.05, 3.63) is 90.2 Å². The van der Waals surface area contributed by atoms with Crippen molar-refractivity contribution in [1.29, 1.82) is 0 Å². The summed E-state index contributed by atoms with van der Waals surface area (Å²) in [6.45, 7) is 0. The third-order valence-electron chi connectivity index (χ3n) is 4.20. The Hall–Kier alpha value is -3.19. The number of halogens is 1. The molecule has 3 aromatic rings. The van der Waals surface area contributed by atoms with E-state index in [2.05, 4.69) is 4.72 Å². The number of amides is 1. The van der Waals surface area contributed by atoms with E-state index in [0.29, 0.717) is 5.69 Å². The predicted molar refractivity (Wildman–Crippen MR) is 107 cm³/mol.